The molecule has 1 aromatic carbocycles. The lowest BCUT2D eigenvalue weighted by Crippen LogP contribution is -2.28. The number of benzene rings is 1. The molecule has 25 heavy (non-hydrogen) atoms. The van der Waals surface area contributed by atoms with E-state index in [0.717, 1.165) is 0 Å². The molecule has 0 radical (unpaired) electrons. The van der Waals surface area contributed by atoms with Crippen LogP contribution < -0.4 is 10.6 Å². The van der Waals surface area contributed by atoms with Crippen molar-refractivity contribution in [3.8, 4) is 11.4 Å². The molecule has 0 aliphatic carbocycles. The Kier molecular flexibility index (Phi) is 5.00. The first-order chi connectivity index (χ1) is 12.2. The summed E-state index contributed by atoms with van der Waals surface area (Å²) >= 11 is 0. The Hall–Kier alpha value is -3.26. The standard InChI is InChI=1S/C17H16FN5O2/c18-13-5-4-11(7-12(13)10-24)8-20-17(25)22-15-9-21-23-16(15)14-3-1-2-6-19-14/h1-7,9,24H,8,10H2,(H,21,23)(H2,20,22,25). The summed E-state index contributed by atoms with van der Waals surface area (Å²) < 4.78 is 13.4. The second-order valence-electron chi connectivity index (χ2n) is 5.27. The highest BCUT2D eigenvalue weighted by Crippen LogP contribution is 2.22. The van der Waals surface area contributed by atoms with Crippen LogP contribution in [0.1, 0.15) is 11.1 Å². The van der Waals surface area contributed by atoms with Crippen LogP contribution in [0.3, 0.4) is 0 Å². The van der Waals surface area contributed by atoms with E-state index >= 15 is 0 Å². The Bertz CT molecular complexity index is 866. The van der Waals surface area contributed by atoms with Crippen LogP contribution in [0.25, 0.3) is 11.4 Å². The second-order valence-corrected chi connectivity index (χ2v) is 5.27. The van der Waals surface area contributed by atoms with E-state index in [-0.39, 0.29) is 12.1 Å². The number of aliphatic hydroxyl groups excluding tert-OH is 1. The van der Waals surface area contributed by atoms with Crippen molar-refractivity contribution in [1.82, 2.24) is 20.5 Å². The Morgan fingerprint density at radius 1 is 1.28 bits per heavy atom. The highest BCUT2D eigenvalue weighted by atomic mass is 19.1. The number of aromatic nitrogens is 3. The molecular weight excluding hydrogens is 325 g/mol. The van der Waals surface area contributed by atoms with E-state index in [2.05, 4.69) is 25.8 Å². The zero-order chi connectivity index (χ0) is 17.6. The van der Waals surface area contributed by atoms with Gasteiger partial charge in [-0.3, -0.25) is 10.1 Å². The molecular formula is C17H16FN5O2. The minimum atomic E-state index is -0.478. The number of carbonyl (C=O) groups is 1. The third kappa shape index (κ3) is 3.99. The van der Waals surface area contributed by atoms with Crippen LogP contribution in [-0.2, 0) is 13.2 Å². The highest BCUT2D eigenvalue weighted by molar-refractivity contribution is 5.92. The second kappa shape index (κ2) is 7.54. The smallest absolute Gasteiger partial charge is 0.319 e. The monoisotopic (exact) mass is 341 g/mol. The maximum Gasteiger partial charge on any atom is 0.319 e. The van der Waals surface area contributed by atoms with Crippen molar-refractivity contribution in [3.63, 3.8) is 0 Å². The Balaban J connectivity index is 1.63. The van der Waals surface area contributed by atoms with Gasteiger partial charge in [-0.1, -0.05) is 12.1 Å². The van der Waals surface area contributed by atoms with Crippen LogP contribution >= 0.6 is 0 Å². The molecule has 7 nitrogen and oxygen atoms in total. The molecule has 0 bridgehead atoms. The number of halogens is 1. The number of hydrogen-bond acceptors (Lipinski definition) is 4. The van der Waals surface area contributed by atoms with Crippen LogP contribution in [0.2, 0.25) is 0 Å². The average Bonchev–Trinajstić information content (AvgIpc) is 3.10. The number of pyridine rings is 1. The first-order valence-electron chi connectivity index (χ1n) is 7.55. The molecule has 128 valence electrons. The molecule has 0 aliphatic heterocycles. The number of amides is 2. The number of urea groups is 1. The number of H-pyrrole nitrogens is 1. The predicted octanol–water partition coefficient (Wildman–Crippen LogP) is 2.42. The quantitative estimate of drug-likeness (QED) is 0.572. The van der Waals surface area contributed by atoms with Gasteiger partial charge in [0.25, 0.3) is 0 Å². The van der Waals surface area contributed by atoms with Gasteiger partial charge in [0.2, 0.25) is 0 Å². The lowest BCUT2D eigenvalue weighted by Gasteiger charge is -2.09. The van der Waals surface area contributed by atoms with Crippen molar-refractivity contribution < 1.29 is 14.3 Å². The van der Waals surface area contributed by atoms with Crippen LogP contribution in [0.4, 0.5) is 14.9 Å². The number of aliphatic hydroxyl groups is 1. The summed E-state index contributed by atoms with van der Waals surface area (Å²) in [5.74, 6) is -0.478. The number of hydrogen-bond donors (Lipinski definition) is 4. The number of rotatable bonds is 5. The molecule has 0 fully saturated rings. The molecule has 3 aromatic rings. The Morgan fingerprint density at radius 3 is 2.92 bits per heavy atom. The summed E-state index contributed by atoms with van der Waals surface area (Å²) in [5, 5.41) is 21.2. The van der Waals surface area contributed by atoms with E-state index in [1.807, 2.05) is 6.07 Å². The van der Waals surface area contributed by atoms with Gasteiger partial charge >= 0.3 is 6.03 Å². The van der Waals surface area contributed by atoms with Gasteiger partial charge in [-0.25, -0.2) is 9.18 Å². The van der Waals surface area contributed by atoms with Crippen molar-refractivity contribution in [3.05, 3.63) is 65.7 Å². The van der Waals surface area contributed by atoms with Crippen molar-refractivity contribution in [2.24, 2.45) is 0 Å². The predicted molar refractivity (Wildman–Crippen MR) is 90.0 cm³/mol. The van der Waals surface area contributed by atoms with Gasteiger partial charge in [0, 0.05) is 18.3 Å². The topological polar surface area (TPSA) is 103 Å². The van der Waals surface area contributed by atoms with Gasteiger partial charge in [-0.05, 0) is 29.8 Å². The van der Waals surface area contributed by atoms with Crippen molar-refractivity contribution in [2.45, 2.75) is 13.2 Å². The number of nitrogens with one attached hydrogen (secondary N) is 3. The Morgan fingerprint density at radius 2 is 2.16 bits per heavy atom. The molecule has 0 saturated heterocycles. The first kappa shape index (κ1) is 16.6. The SMILES string of the molecule is O=C(NCc1ccc(F)c(CO)c1)Nc1cn[nH]c1-c1ccccn1. The highest BCUT2D eigenvalue weighted by Gasteiger charge is 2.11. The molecule has 2 heterocycles. The molecule has 2 aromatic heterocycles. The van der Waals surface area contributed by atoms with Crippen molar-refractivity contribution in [1.29, 1.82) is 0 Å². The zero-order valence-electron chi connectivity index (χ0n) is 13.2. The molecule has 4 N–H and O–H groups in total. The van der Waals surface area contributed by atoms with Gasteiger partial charge in [0.1, 0.15) is 11.5 Å². The summed E-state index contributed by atoms with van der Waals surface area (Å²) in [6.45, 7) is -0.204. The minimum absolute atomic E-state index is 0.187. The molecule has 0 spiro atoms. The minimum Gasteiger partial charge on any atom is -0.392 e. The van der Waals surface area contributed by atoms with Gasteiger partial charge in [0.15, 0.2) is 0 Å². The molecule has 2 amide bonds. The summed E-state index contributed by atoms with van der Waals surface area (Å²) in [4.78, 5) is 16.3. The van der Waals surface area contributed by atoms with Crippen LogP contribution in [-0.4, -0.2) is 26.3 Å². The lowest BCUT2D eigenvalue weighted by atomic mass is 10.1. The summed E-state index contributed by atoms with van der Waals surface area (Å²) in [5.41, 5.74) is 2.61. The van der Waals surface area contributed by atoms with E-state index in [1.54, 1.807) is 24.4 Å². The van der Waals surface area contributed by atoms with E-state index in [9.17, 15) is 9.18 Å². The van der Waals surface area contributed by atoms with Gasteiger partial charge in [0.05, 0.1) is 24.2 Å². The maximum absolute atomic E-state index is 13.4. The molecule has 0 aliphatic rings. The van der Waals surface area contributed by atoms with Gasteiger partial charge in [-0.2, -0.15) is 5.10 Å². The maximum atomic E-state index is 13.4. The fraction of sp³-hybridized carbons (Fsp3) is 0.118. The van der Waals surface area contributed by atoms with E-state index in [4.69, 9.17) is 5.11 Å². The summed E-state index contributed by atoms with van der Waals surface area (Å²) in [6, 6.07) is 9.30. The van der Waals surface area contributed by atoms with E-state index in [0.29, 0.717) is 22.6 Å². The van der Waals surface area contributed by atoms with E-state index in [1.165, 1.54) is 18.3 Å². The number of aromatic amines is 1. The summed E-state index contributed by atoms with van der Waals surface area (Å²) in [7, 11) is 0. The number of nitrogens with zero attached hydrogens (tertiary/aromatic N) is 2. The van der Waals surface area contributed by atoms with Gasteiger partial charge < -0.3 is 15.7 Å². The summed E-state index contributed by atoms with van der Waals surface area (Å²) in [6.07, 6.45) is 3.14. The first-order valence-corrected chi connectivity index (χ1v) is 7.55. The lowest BCUT2D eigenvalue weighted by molar-refractivity contribution is 0.251. The fourth-order valence-corrected chi connectivity index (χ4v) is 2.29. The molecule has 3 rings (SSSR count). The van der Waals surface area contributed by atoms with Crippen molar-refractivity contribution in [2.75, 3.05) is 5.32 Å². The van der Waals surface area contributed by atoms with Gasteiger partial charge in [-0.15, -0.1) is 0 Å². The third-order valence-corrected chi connectivity index (χ3v) is 3.54. The number of carbonyl (C=O) groups excluding carboxylic acids is 1. The molecule has 0 atom stereocenters. The number of anilines is 1. The molecule has 8 heteroatoms. The zero-order valence-corrected chi connectivity index (χ0v) is 13.2. The van der Waals surface area contributed by atoms with Crippen LogP contribution in [0.5, 0.6) is 0 Å². The third-order valence-electron chi connectivity index (χ3n) is 3.54. The Labute approximate surface area is 142 Å². The van der Waals surface area contributed by atoms with Crippen molar-refractivity contribution >= 4 is 11.7 Å². The average molecular weight is 341 g/mol. The molecule has 0 saturated carbocycles. The molecule has 0 unspecified atom stereocenters. The normalized spacial score (nSPS) is 10.5. The largest absolute Gasteiger partial charge is 0.392 e. The van der Waals surface area contributed by atoms with E-state index < -0.39 is 18.5 Å². The van der Waals surface area contributed by atoms with Crippen LogP contribution in [0.15, 0.2) is 48.8 Å². The fourth-order valence-electron chi connectivity index (χ4n) is 2.29. The van der Waals surface area contributed by atoms with Crippen LogP contribution in [0, 0.1) is 5.82 Å².